The SMILES string of the molecule is O=C(OCc1ccc(Cl)nc1)c1c2c(nc3ccccc13)CCC2. The highest BCUT2D eigenvalue weighted by molar-refractivity contribution is 6.29. The number of hydrogen-bond acceptors (Lipinski definition) is 4. The van der Waals surface area contributed by atoms with Crippen LogP contribution in [0.25, 0.3) is 10.9 Å². The van der Waals surface area contributed by atoms with E-state index in [-0.39, 0.29) is 12.6 Å². The second kappa shape index (κ2) is 6.21. The number of carbonyl (C=O) groups excluding carboxylic acids is 1. The standard InChI is InChI=1S/C19H15ClN2O2/c20-17-9-8-12(10-21-17)11-24-19(23)18-13-4-1-2-6-15(13)22-16-7-3-5-14(16)18/h1-2,4,6,8-10H,3,5,7,11H2. The Morgan fingerprint density at radius 3 is 2.88 bits per heavy atom. The Labute approximate surface area is 144 Å². The minimum atomic E-state index is -0.304. The lowest BCUT2D eigenvalue weighted by molar-refractivity contribution is 0.0473. The minimum absolute atomic E-state index is 0.175. The molecule has 5 heteroatoms. The molecule has 0 N–H and O–H groups in total. The van der Waals surface area contributed by atoms with Gasteiger partial charge in [-0.2, -0.15) is 0 Å². The molecule has 1 aliphatic carbocycles. The van der Waals surface area contributed by atoms with Crippen LogP contribution in [0.3, 0.4) is 0 Å². The maximum absolute atomic E-state index is 12.8. The number of para-hydroxylation sites is 1. The van der Waals surface area contributed by atoms with Gasteiger partial charge in [0.2, 0.25) is 0 Å². The first-order valence-corrected chi connectivity index (χ1v) is 8.28. The number of hydrogen-bond donors (Lipinski definition) is 0. The number of halogens is 1. The number of esters is 1. The fourth-order valence-corrected chi connectivity index (χ4v) is 3.27. The molecule has 1 aliphatic rings. The zero-order valence-corrected chi connectivity index (χ0v) is 13.7. The first kappa shape index (κ1) is 15.1. The fraction of sp³-hybridized carbons (Fsp3) is 0.211. The van der Waals surface area contributed by atoms with E-state index in [1.165, 1.54) is 0 Å². The molecule has 0 spiro atoms. The Kier molecular flexibility index (Phi) is 3.90. The van der Waals surface area contributed by atoms with Crippen molar-refractivity contribution in [3.05, 3.63) is 70.1 Å². The Morgan fingerprint density at radius 1 is 1.17 bits per heavy atom. The molecule has 0 radical (unpaired) electrons. The van der Waals surface area contributed by atoms with Crippen molar-refractivity contribution in [3.63, 3.8) is 0 Å². The van der Waals surface area contributed by atoms with Crippen LogP contribution in [0.1, 0.15) is 33.6 Å². The molecule has 0 atom stereocenters. The Balaban J connectivity index is 1.67. The normalized spacial score (nSPS) is 13.0. The van der Waals surface area contributed by atoms with Gasteiger partial charge in [0.05, 0.1) is 11.1 Å². The van der Waals surface area contributed by atoms with E-state index in [0.29, 0.717) is 10.7 Å². The average molecular weight is 339 g/mol. The number of nitrogens with zero attached hydrogens (tertiary/aromatic N) is 2. The third kappa shape index (κ3) is 2.74. The van der Waals surface area contributed by atoms with Gasteiger partial charge in [-0.05, 0) is 37.0 Å². The van der Waals surface area contributed by atoms with Crippen molar-refractivity contribution in [2.75, 3.05) is 0 Å². The van der Waals surface area contributed by atoms with E-state index in [1.54, 1.807) is 18.3 Å². The maximum atomic E-state index is 12.8. The zero-order chi connectivity index (χ0) is 16.5. The van der Waals surface area contributed by atoms with Crippen LogP contribution in [0.5, 0.6) is 0 Å². The molecule has 0 fully saturated rings. The van der Waals surface area contributed by atoms with Crippen LogP contribution in [0.2, 0.25) is 5.15 Å². The molecule has 2 heterocycles. The van der Waals surface area contributed by atoms with Gasteiger partial charge in [0.1, 0.15) is 11.8 Å². The summed E-state index contributed by atoms with van der Waals surface area (Å²) >= 11 is 5.77. The number of rotatable bonds is 3. The summed E-state index contributed by atoms with van der Waals surface area (Å²) < 4.78 is 5.54. The molecule has 0 bridgehead atoms. The molecule has 120 valence electrons. The smallest absolute Gasteiger partial charge is 0.339 e. The van der Waals surface area contributed by atoms with Crippen molar-refractivity contribution in [2.24, 2.45) is 0 Å². The maximum Gasteiger partial charge on any atom is 0.339 e. The van der Waals surface area contributed by atoms with Crippen molar-refractivity contribution in [2.45, 2.75) is 25.9 Å². The number of aryl methyl sites for hydroxylation is 1. The highest BCUT2D eigenvalue weighted by atomic mass is 35.5. The summed E-state index contributed by atoms with van der Waals surface area (Å²) in [6, 6.07) is 11.2. The summed E-state index contributed by atoms with van der Waals surface area (Å²) in [4.78, 5) is 21.5. The van der Waals surface area contributed by atoms with Gasteiger partial charge in [-0.25, -0.2) is 9.78 Å². The summed E-state index contributed by atoms with van der Waals surface area (Å²) in [5.41, 5.74) is 4.37. The summed E-state index contributed by atoms with van der Waals surface area (Å²) in [7, 11) is 0. The molecule has 4 nitrogen and oxygen atoms in total. The van der Waals surface area contributed by atoms with Crippen LogP contribution >= 0.6 is 11.6 Å². The van der Waals surface area contributed by atoms with Crippen LogP contribution in [0.4, 0.5) is 0 Å². The van der Waals surface area contributed by atoms with Crippen LogP contribution in [-0.2, 0) is 24.2 Å². The van der Waals surface area contributed by atoms with Crippen LogP contribution < -0.4 is 0 Å². The summed E-state index contributed by atoms with van der Waals surface area (Å²) in [5.74, 6) is -0.304. The Hall–Kier alpha value is -2.46. The summed E-state index contributed by atoms with van der Waals surface area (Å²) in [6.45, 7) is 0.175. The average Bonchev–Trinajstić information content (AvgIpc) is 3.06. The second-order valence-electron chi connectivity index (χ2n) is 5.85. The van der Waals surface area contributed by atoms with Gasteiger partial charge in [0.25, 0.3) is 0 Å². The summed E-state index contributed by atoms with van der Waals surface area (Å²) in [5, 5.41) is 1.28. The number of carbonyl (C=O) groups is 1. The molecule has 2 aromatic heterocycles. The van der Waals surface area contributed by atoms with Gasteiger partial charge in [-0.1, -0.05) is 35.9 Å². The van der Waals surface area contributed by atoms with Gasteiger partial charge in [0, 0.05) is 22.8 Å². The molecule has 0 saturated carbocycles. The highest BCUT2D eigenvalue weighted by Gasteiger charge is 2.24. The third-order valence-electron chi connectivity index (χ3n) is 4.28. The van der Waals surface area contributed by atoms with Crippen LogP contribution in [0.15, 0.2) is 42.6 Å². The predicted octanol–water partition coefficient (Wildman–Crippen LogP) is 4.13. The van der Waals surface area contributed by atoms with Crippen molar-refractivity contribution < 1.29 is 9.53 Å². The monoisotopic (exact) mass is 338 g/mol. The molecule has 0 unspecified atom stereocenters. The lowest BCUT2D eigenvalue weighted by atomic mass is 10.0. The lowest BCUT2D eigenvalue weighted by Crippen LogP contribution is -2.10. The molecule has 0 aliphatic heterocycles. The molecule has 4 rings (SSSR count). The molecule has 0 saturated heterocycles. The Morgan fingerprint density at radius 2 is 2.04 bits per heavy atom. The fourth-order valence-electron chi connectivity index (χ4n) is 3.16. The van der Waals surface area contributed by atoms with E-state index in [1.807, 2.05) is 24.3 Å². The molecule has 0 amide bonds. The van der Waals surface area contributed by atoms with E-state index in [4.69, 9.17) is 21.3 Å². The minimum Gasteiger partial charge on any atom is -0.457 e. The number of pyridine rings is 2. The second-order valence-corrected chi connectivity index (χ2v) is 6.24. The topological polar surface area (TPSA) is 52.1 Å². The largest absolute Gasteiger partial charge is 0.457 e. The van der Waals surface area contributed by atoms with Gasteiger partial charge < -0.3 is 4.74 Å². The van der Waals surface area contributed by atoms with E-state index in [0.717, 1.165) is 47.0 Å². The molecular formula is C19H15ClN2O2. The van der Waals surface area contributed by atoms with Crippen molar-refractivity contribution in [1.29, 1.82) is 0 Å². The molecule has 1 aromatic carbocycles. The van der Waals surface area contributed by atoms with Crippen LogP contribution in [0, 0.1) is 0 Å². The van der Waals surface area contributed by atoms with Gasteiger partial charge in [-0.15, -0.1) is 0 Å². The Bertz CT molecular complexity index is 923. The van der Waals surface area contributed by atoms with Gasteiger partial charge in [0.15, 0.2) is 0 Å². The quantitative estimate of drug-likeness (QED) is 0.532. The lowest BCUT2D eigenvalue weighted by Gasteiger charge is -2.12. The molecule has 3 aromatic rings. The van der Waals surface area contributed by atoms with Crippen molar-refractivity contribution in [1.82, 2.24) is 9.97 Å². The van der Waals surface area contributed by atoms with Crippen LogP contribution in [-0.4, -0.2) is 15.9 Å². The van der Waals surface area contributed by atoms with Crippen molar-refractivity contribution in [3.8, 4) is 0 Å². The third-order valence-corrected chi connectivity index (χ3v) is 4.51. The molecule has 24 heavy (non-hydrogen) atoms. The number of benzene rings is 1. The number of ether oxygens (including phenoxy) is 1. The number of fused-ring (bicyclic) bond motifs is 2. The summed E-state index contributed by atoms with van der Waals surface area (Å²) in [6.07, 6.45) is 4.44. The van der Waals surface area contributed by atoms with E-state index < -0.39 is 0 Å². The van der Waals surface area contributed by atoms with E-state index >= 15 is 0 Å². The zero-order valence-electron chi connectivity index (χ0n) is 13.0. The first-order valence-electron chi connectivity index (χ1n) is 7.90. The highest BCUT2D eigenvalue weighted by Crippen LogP contribution is 2.30. The molecular weight excluding hydrogens is 324 g/mol. The predicted molar refractivity (Wildman–Crippen MR) is 92.1 cm³/mol. The number of aromatic nitrogens is 2. The van der Waals surface area contributed by atoms with Gasteiger partial charge >= 0.3 is 5.97 Å². The van der Waals surface area contributed by atoms with E-state index in [9.17, 15) is 4.79 Å². The van der Waals surface area contributed by atoms with Gasteiger partial charge in [-0.3, -0.25) is 4.98 Å². The first-order chi connectivity index (χ1) is 11.7. The van der Waals surface area contributed by atoms with Crippen molar-refractivity contribution >= 4 is 28.5 Å². The van der Waals surface area contributed by atoms with E-state index in [2.05, 4.69) is 4.98 Å².